The minimum atomic E-state index is -0.457. The summed E-state index contributed by atoms with van der Waals surface area (Å²) in [5.41, 5.74) is 12.7. The number of rotatable bonds is 6. The number of nitrogen functional groups attached to an aromatic ring is 1. The van der Waals surface area contributed by atoms with Gasteiger partial charge >= 0.3 is 0 Å². The van der Waals surface area contributed by atoms with Gasteiger partial charge in [0.2, 0.25) is 5.43 Å². The zero-order valence-corrected chi connectivity index (χ0v) is 25.5. The number of thiol groups is 1. The Kier molecular flexibility index (Phi) is 6.58. The van der Waals surface area contributed by atoms with Gasteiger partial charge in [-0.1, -0.05) is 42.5 Å². The van der Waals surface area contributed by atoms with Crippen molar-refractivity contribution >= 4 is 35.3 Å². The molecule has 10 heteroatoms. The number of likely N-dealkylation sites (tertiary alicyclic amines) is 1. The van der Waals surface area contributed by atoms with Crippen LogP contribution in [0.3, 0.4) is 0 Å². The number of nitrogens with zero attached hydrogens (tertiary/aromatic N) is 6. The Morgan fingerprint density at radius 2 is 1.60 bits per heavy atom. The van der Waals surface area contributed by atoms with Gasteiger partial charge in [-0.25, -0.2) is 15.0 Å². The summed E-state index contributed by atoms with van der Waals surface area (Å²) in [6.07, 6.45) is 3.71. The monoisotopic (exact) mass is 613 g/mol. The van der Waals surface area contributed by atoms with Crippen LogP contribution in [0.2, 0.25) is 0 Å². The standard InChI is InChI=1S/C35H31N7O2S/c36-32-25(7-4-16-37-32)33-39-27-13-12-26(23-5-2-1-3-6-23)38-34(27)42(33)24-10-8-22(9-11-24)19-40-20-35(21-40)14-17-41(18-15-35)28-29(43)30(44)31(28)45/h1-13,16,45H,14-15,17-21H2,(H2,36,37). The molecule has 0 saturated carbocycles. The van der Waals surface area contributed by atoms with E-state index >= 15 is 0 Å². The predicted molar refractivity (Wildman–Crippen MR) is 180 cm³/mol. The lowest BCUT2D eigenvalue weighted by atomic mass is 9.71. The SMILES string of the molecule is Nc1ncccc1-c1nc2ccc(-c3ccccc3)nc2n1-c1ccc(CN2CC3(CCN(c4c(S)c(=O)c4=O)CC3)C2)cc1. The molecule has 0 unspecified atom stereocenters. The van der Waals surface area contributed by atoms with Crippen molar-refractivity contribution in [2.75, 3.05) is 36.8 Å². The van der Waals surface area contributed by atoms with Gasteiger partial charge in [-0.15, -0.1) is 12.6 Å². The maximum atomic E-state index is 12.0. The largest absolute Gasteiger partial charge is 0.383 e. The highest BCUT2D eigenvalue weighted by molar-refractivity contribution is 7.80. The Hall–Kier alpha value is -4.80. The van der Waals surface area contributed by atoms with Gasteiger partial charge in [0.15, 0.2) is 11.5 Å². The van der Waals surface area contributed by atoms with Gasteiger partial charge in [-0.3, -0.25) is 19.1 Å². The number of aromatic nitrogens is 4. The molecule has 2 fully saturated rings. The van der Waals surface area contributed by atoms with E-state index < -0.39 is 5.43 Å². The van der Waals surface area contributed by atoms with Crippen LogP contribution in [0.4, 0.5) is 11.5 Å². The maximum absolute atomic E-state index is 12.0. The lowest BCUT2D eigenvalue weighted by molar-refractivity contribution is -0.0241. The molecular weight excluding hydrogens is 582 g/mol. The second kappa shape index (κ2) is 10.7. The molecule has 6 aromatic rings. The molecule has 2 aliphatic rings. The number of benzene rings is 2. The molecule has 2 saturated heterocycles. The Morgan fingerprint density at radius 3 is 2.31 bits per heavy atom. The lowest BCUT2D eigenvalue weighted by Crippen LogP contribution is -2.60. The van der Waals surface area contributed by atoms with Crippen LogP contribution >= 0.6 is 12.6 Å². The molecule has 5 heterocycles. The third kappa shape index (κ3) is 4.72. The van der Waals surface area contributed by atoms with E-state index in [0.29, 0.717) is 22.2 Å². The van der Waals surface area contributed by atoms with E-state index in [-0.39, 0.29) is 10.8 Å². The number of nitrogens with two attached hydrogens (primary N) is 1. The molecule has 45 heavy (non-hydrogen) atoms. The van der Waals surface area contributed by atoms with Gasteiger partial charge in [0.1, 0.15) is 17.0 Å². The van der Waals surface area contributed by atoms with Gasteiger partial charge in [0, 0.05) is 50.2 Å². The highest BCUT2D eigenvalue weighted by Gasteiger charge is 2.45. The van der Waals surface area contributed by atoms with Crippen LogP contribution in [0.25, 0.3) is 39.5 Å². The highest BCUT2D eigenvalue weighted by Crippen LogP contribution is 2.42. The summed E-state index contributed by atoms with van der Waals surface area (Å²) >= 11 is 4.23. The summed E-state index contributed by atoms with van der Waals surface area (Å²) in [6, 6.07) is 26.5. The van der Waals surface area contributed by atoms with Crippen molar-refractivity contribution in [1.29, 1.82) is 0 Å². The van der Waals surface area contributed by atoms with Crippen LogP contribution in [0.1, 0.15) is 18.4 Å². The number of anilines is 2. The van der Waals surface area contributed by atoms with Gasteiger partial charge < -0.3 is 10.6 Å². The number of hydrogen-bond acceptors (Lipinski definition) is 9. The minimum absolute atomic E-state index is 0.279. The quantitative estimate of drug-likeness (QED) is 0.205. The Labute approximate surface area is 265 Å². The summed E-state index contributed by atoms with van der Waals surface area (Å²) in [4.78, 5) is 42.8. The lowest BCUT2D eigenvalue weighted by Gasteiger charge is -2.54. The molecule has 3 aromatic carbocycles. The third-order valence-electron chi connectivity index (χ3n) is 9.37. The summed E-state index contributed by atoms with van der Waals surface area (Å²) in [5.74, 6) is 1.12. The molecule has 2 aliphatic heterocycles. The zero-order valence-electron chi connectivity index (χ0n) is 24.6. The van der Waals surface area contributed by atoms with Gasteiger partial charge in [0.05, 0.1) is 16.2 Å². The summed E-state index contributed by atoms with van der Waals surface area (Å²) in [7, 11) is 0. The smallest absolute Gasteiger partial charge is 0.251 e. The van der Waals surface area contributed by atoms with Gasteiger partial charge in [0.25, 0.3) is 5.43 Å². The van der Waals surface area contributed by atoms with E-state index in [2.05, 4.69) is 63.5 Å². The second-order valence-corrected chi connectivity index (χ2v) is 12.7. The van der Waals surface area contributed by atoms with E-state index in [1.807, 2.05) is 47.4 Å². The molecule has 0 aliphatic carbocycles. The van der Waals surface area contributed by atoms with Gasteiger partial charge in [-0.2, -0.15) is 0 Å². The molecule has 1 spiro atoms. The highest BCUT2D eigenvalue weighted by atomic mass is 32.1. The fraction of sp³-hybridized carbons (Fsp3) is 0.229. The van der Waals surface area contributed by atoms with Crippen LogP contribution in [-0.4, -0.2) is 50.6 Å². The minimum Gasteiger partial charge on any atom is -0.383 e. The van der Waals surface area contributed by atoms with Crippen LogP contribution in [-0.2, 0) is 6.54 Å². The van der Waals surface area contributed by atoms with E-state index in [0.717, 1.165) is 79.2 Å². The first-order valence-electron chi connectivity index (χ1n) is 15.1. The Morgan fingerprint density at radius 1 is 0.844 bits per heavy atom. The fourth-order valence-corrected chi connectivity index (χ4v) is 7.31. The second-order valence-electron chi connectivity index (χ2n) is 12.3. The molecular formula is C35H31N7O2S. The number of piperidine rings is 1. The molecule has 224 valence electrons. The predicted octanol–water partition coefficient (Wildman–Crippen LogP) is 4.72. The van der Waals surface area contributed by atoms with Crippen molar-refractivity contribution in [1.82, 2.24) is 24.4 Å². The fourth-order valence-electron chi connectivity index (χ4n) is 6.96. The van der Waals surface area contributed by atoms with Crippen LogP contribution in [0.5, 0.6) is 0 Å². The number of fused-ring (bicyclic) bond motifs is 1. The zero-order chi connectivity index (χ0) is 30.7. The molecule has 2 N–H and O–H groups in total. The van der Waals surface area contributed by atoms with Crippen LogP contribution < -0.4 is 21.5 Å². The molecule has 8 rings (SSSR count). The topological polar surface area (TPSA) is 110 Å². The van der Waals surface area contributed by atoms with Crippen molar-refractivity contribution < 1.29 is 0 Å². The first kappa shape index (κ1) is 27.7. The van der Waals surface area contributed by atoms with Crippen molar-refractivity contribution in [3.8, 4) is 28.3 Å². The van der Waals surface area contributed by atoms with Crippen LogP contribution in [0, 0.1) is 5.41 Å². The summed E-state index contributed by atoms with van der Waals surface area (Å²) in [6.45, 7) is 4.53. The normalized spacial score (nSPS) is 16.4. The molecule has 0 bridgehead atoms. The average molecular weight is 614 g/mol. The number of hydrogen-bond donors (Lipinski definition) is 2. The van der Waals surface area contributed by atoms with Crippen molar-refractivity contribution in [3.63, 3.8) is 0 Å². The number of imidazole rings is 1. The Balaban J connectivity index is 1.03. The summed E-state index contributed by atoms with van der Waals surface area (Å²) < 4.78 is 2.07. The van der Waals surface area contributed by atoms with E-state index in [1.54, 1.807) is 6.20 Å². The maximum Gasteiger partial charge on any atom is 0.251 e. The third-order valence-corrected chi connectivity index (χ3v) is 9.79. The summed E-state index contributed by atoms with van der Waals surface area (Å²) in [5, 5.41) is 0. The van der Waals surface area contributed by atoms with Crippen LogP contribution in [0.15, 0.2) is 99.5 Å². The van der Waals surface area contributed by atoms with Crippen molar-refractivity contribution in [3.05, 3.63) is 111 Å². The molecule has 9 nitrogen and oxygen atoms in total. The van der Waals surface area contributed by atoms with E-state index in [1.165, 1.54) is 5.56 Å². The first-order valence-corrected chi connectivity index (χ1v) is 15.6. The molecule has 3 aromatic heterocycles. The molecule has 0 atom stereocenters. The first-order chi connectivity index (χ1) is 21.9. The Bertz CT molecular complexity index is 2120. The van der Waals surface area contributed by atoms with Crippen molar-refractivity contribution in [2.45, 2.75) is 24.3 Å². The van der Waals surface area contributed by atoms with Crippen molar-refractivity contribution in [2.24, 2.45) is 5.41 Å². The van der Waals surface area contributed by atoms with Gasteiger partial charge in [-0.05, 0) is 60.2 Å². The molecule has 0 amide bonds. The average Bonchev–Trinajstić information content (AvgIpc) is 3.44. The molecule has 0 radical (unpaired) electrons. The van der Waals surface area contributed by atoms with E-state index in [9.17, 15) is 9.59 Å². The number of pyridine rings is 2. The van der Waals surface area contributed by atoms with E-state index in [4.69, 9.17) is 15.7 Å².